The summed E-state index contributed by atoms with van der Waals surface area (Å²) in [5, 5.41) is 10.1. The summed E-state index contributed by atoms with van der Waals surface area (Å²) in [4.78, 5) is 1.10. The van der Waals surface area contributed by atoms with Gasteiger partial charge in [-0.1, -0.05) is 28.1 Å². The van der Waals surface area contributed by atoms with E-state index in [-0.39, 0.29) is 5.82 Å². The Hall–Kier alpha value is -0.360. The average molecular weight is 420 g/mol. The van der Waals surface area contributed by atoms with Crippen LogP contribution in [0.3, 0.4) is 0 Å². The van der Waals surface area contributed by atoms with Crippen LogP contribution in [0.15, 0.2) is 56.3 Å². The Kier molecular flexibility index (Phi) is 6.08. The molecule has 0 fully saturated rings. The first-order chi connectivity index (χ1) is 9.56. The monoisotopic (exact) mass is 418 g/mol. The molecule has 2 aromatic carbocycles. The lowest BCUT2D eigenvalue weighted by Crippen LogP contribution is -2.14. The van der Waals surface area contributed by atoms with Crippen molar-refractivity contribution in [1.82, 2.24) is 0 Å². The van der Waals surface area contributed by atoms with E-state index in [0.29, 0.717) is 16.6 Å². The zero-order valence-electron chi connectivity index (χ0n) is 10.5. The van der Waals surface area contributed by atoms with Gasteiger partial charge in [0, 0.05) is 21.5 Å². The minimum atomic E-state index is -0.512. The van der Waals surface area contributed by atoms with Crippen LogP contribution in [0, 0.1) is 5.82 Å². The van der Waals surface area contributed by atoms with Gasteiger partial charge in [0.1, 0.15) is 5.82 Å². The summed E-state index contributed by atoms with van der Waals surface area (Å²) in [6.45, 7) is 0. The fourth-order valence-corrected chi connectivity index (χ4v) is 3.26. The fourth-order valence-electron chi connectivity index (χ4n) is 1.74. The SMILES string of the molecule is OC(CSc1ccc(Br)cc1)Cc1cccc(F)c1Br. The summed E-state index contributed by atoms with van der Waals surface area (Å²) < 4.78 is 14.9. The normalized spacial score (nSPS) is 12.4. The molecule has 0 aliphatic rings. The molecule has 1 unspecified atom stereocenters. The predicted octanol–water partition coefficient (Wildman–Crippen LogP) is 5.05. The third-order valence-electron chi connectivity index (χ3n) is 2.74. The molecule has 0 aliphatic heterocycles. The third-order valence-corrected chi connectivity index (χ3v) is 5.32. The number of benzene rings is 2. The molecule has 1 nitrogen and oxygen atoms in total. The van der Waals surface area contributed by atoms with Crippen LogP contribution in [0.25, 0.3) is 0 Å². The standard InChI is InChI=1S/C15H13Br2FOS/c16-11-4-6-13(7-5-11)20-9-12(19)8-10-2-1-3-14(18)15(10)17/h1-7,12,19H,8-9H2. The number of hydrogen-bond donors (Lipinski definition) is 1. The second-order valence-corrected chi connectivity index (χ2v) is 7.14. The highest BCUT2D eigenvalue weighted by Crippen LogP contribution is 2.25. The van der Waals surface area contributed by atoms with Gasteiger partial charge in [0.15, 0.2) is 0 Å². The number of hydrogen-bond acceptors (Lipinski definition) is 2. The Labute approximate surface area is 138 Å². The van der Waals surface area contributed by atoms with Crippen LogP contribution >= 0.6 is 43.6 Å². The molecule has 0 amide bonds. The van der Waals surface area contributed by atoms with Crippen molar-refractivity contribution in [3.8, 4) is 0 Å². The minimum absolute atomic E-state index is 0.296. The van der Waals surface area contributed by atoms with Crippen LogP contribution < -0.4 is 0 Å². The van der Waals surface area contributed by atoms with Crippen molar-refractivity contribution in [1.29, 1.82) is 0 Å². The molecule has 0 saturated heterocycles. The molecule has 106 valence electrons. The number of aliphatic hydroxyl groups is 1. The predicted molar refractivity (Wildman–Crippen MR) is 88.7 cm³/mol. The van der Waals surface area contributed by atoms with Gasteiger partial charge in [-0.3, -0.25) is 0 Å². The topological polar surface area (TPSA) is 20.2 Å². The molecule has 0 heterocycles. The molecule has 0 saturated carbocycles. The number of rotatable bonds is 5. The quantitative estimate of drug-likeness (QED) is 0.684. The lowest BCUT2D eigenvalue weighted by Gasteiger charge is -2.12. The van der Waals surface area contributed by atoms with Crippen molar-refractivity contribution in [3.05, 3.63) is 62.8 Å². The number of thioether (sulfide) groups is 1. The van der Waals surface area contributed by atoms with E-state index in [9.17, 15) is 9.50 Å². The van der Waals surface area contributed by atoms with Gasteiger partial charge < -0.3 is 5.11 Å². The fraction of sp³-hybridized carbons (Fsp3) is 0.200. The summed E-state index contributed by atoms with van der Waals surface area (Å²) >= 11 is 8.19. The highest BCUT2D eigenvalue weighted by molar-refractivity contribution is 9.10. The third kappa shape index (κ3) is 4.58. The van der Waals surface area contributed by atoms with Gasteiger partial charge in [0.25, 0.3) is 0 Å². The molecule has 0 radical (unpaired) electrons. The van der Waals surface area contributed by atoms with Gasteiger partial charge in [0.05, 0.1) is 10.6 Å². The van der Waals surface area contributed by atoms with Crippen LogP contribution in [0.4, 0.5) is 4.39 Å². The van der Waals surface area contributed by atoms with Crippen molar-refractivity contribution in [2.45, 2.75) is 17.4 Å². The summed E-state index contributed by atoms with van der Waals surface area (Å²) in [7, 11) is 0. The highest BCUT2D eigenvalue weighted by atomic mass is 79.9. The Morgan fingerprint density at radius 2 is 1.80 bits per heavy atom. The maximum absolute atomic E-state index is 13.4. The van der Waals surface area contributed by atoms with E-state index in [1.54, 1.807) is 17.8 Å². The first kappa shape index (κ1) is 16.0. The smallest absolute Gasteiger partial charge is 0.137 e. The van der Waals surface area contributed by atoms with Crippen molar-refractivity contribution < 1.29 is 9.50 Å². The molecule has 0 bridgehead atoms. The van der Waals surface area contributed by atoms with E-state index < -0.39 is 6.10 Å². The van der Waals surface area contributed by atoms with Gasteiger partial charge in [-0.05, 0) is 51.8 Å². The first-order valence-corrected chi connectivity index (χ1v) is 8.62. The van der Waals surface area contributed by atoms with Crippen LogP contribution in [0.5, 0.6) is 0 Å². The Bertz CT molecular complexity index is 575. The number of halogens is 3. The van der Waals surface area contributed by atoms with Crippen molar-refractivity contribution >= 4 is 43.6 Å². The van der Waals surface area contributed by atoms with Crippen LogP contribution in [0.2, 0.25) is 0 Å². The second kappa shape index (κ2) is 7.59. The molecule has 1 atom stereocenters. The lowest BCUT2D eigenvalue weighted by molar-refractivity contribution is 0.200. The molecule has 0 aliphatic carbocycles. The molecule has 0 aromatic heterocycles. The zero-order valence-corrected chi connectivity index (χ0v) is 14.5. The van der Waals surface area contributed by atoms with Crippen molar-refractivity contribution in [3.63, 3.8) is 0 Å². The van der Waals surface area contributed by atoms with E-state index in [0.717, 1.165) is 14.9 Å². The van der Waals surface area contributed by atoms with E-state index in [4.69, 9.17) is 0 Å². The van der Waals surface area contributed by atoms with Gasteiger partial charge >= 0.3 is 0 Å². The zero-order chi connectivity index (χ0) is 14.5. The molecule has 2 rings (SSSR count). The maximum atomic E-state index is 13.4. The summed E-state index contributed by atoms with van der Waals surface area (Å²) in [6, 6.07) is 12.8. The lowest BCUT2D eigenvalue weighted by atomic mass is 10.1. The Balaban J connectivity index is 1.91. The van der Waals surface area contributed by atoms with Gasteiger partial charge in [-0.25, -0.2) is 4.39 Å². The van der Waals surface area contributed by atoms with E-state index in [1.807, 2.05) is 30.3 Å². The molecule has 1 N–H and O–H groups in total. The second-order valence-electron chi connectivity index (χ2n) is 4.34. The van der Waals surface area contributed by atoms with Crippen LogP contribution in [0.1, 0.15) is 5.56 Å². The van der Waals surface area contributed by atoms with Crippen molar-refractivity contribution in [2.24, 2.45) is 0 Å². The molecular formula is C15H13Br2FOS. The molecule has 2 aromatic rings. The molecular weight excluding hydrogens is 407 g/mol. The van der Waals surface area contributed by atoms with E-state index in [2.05, 4.69) is 31.9 Å². The Morgan fingerprint density at radius 1 is 1.10 bits per heavy atom. The van der Waals surface area contributed by atoms with Gasteiger partial charge in [-0.15, -0.1) is 11.8 Å². The van der Waals surface area contributed by atoms with Crippen LogP contribution in [-0.2, 0) is 6.42 Å². The van der Waals surface area contributed by atoms with Gasteiger partial charge in [0.2, 0.25) is 0 Å². The minimum Gasteiger partial charge on any atom is -0.392 e. The maximum Gasteiger partial charge on any atom is 0.137 e. The van der Waals surface area contributed by atoms with Crippen molar-refractivity contribution in [2.75, 3.05) is 5.75 Å². The van der Waals surface area contributed by atoms with E-state index >= 15 is 0 Å². The molecule has 0 spiro atoms. The largest absolute Gasteiger partial charge is 0.392 e. The summed E-state index contributed by atoms with van der Waals surface area (Å²) in [6.07, 6.45) is -0.0799. The molecule has 20 heavy (non-hydrogen) atoms. The highest BCUT2D eigenvalue weighted by Gasteiger charge is 2.11. The van der Waals surface area contributed by atoms with Gasteiger partial charge in [-0.2, -0.15) is 0 Å². The first-order valence-electron chi connectivity index (χ1n) is 6.05. The molecule has 5 heteroatoms. The van der Waals surface area contributed by atoms with E-state index in [1.165, 1.54) is 6.07 Å². The summed E-state index contributed by atoms with van der Waals surface area (Å²) in [5.74, 6) is 0.278. The summed E-state index contributed by atoms with van der Waals surface area (Å²) in [5.41, 5.74) is 0.786. The average Bonchev–Trinajstić information content (AvgIpc) is 2.43. The Morgan fingerprint density at radius 3 is 2.50 bits per heavy atom. The number of aliphatic hydroxyl groups excluding tert-OH is 1. The van der Waals surface area contributed by atoms with Crippen LogP contribution in [-0.4, -0.2) is 17.0 Å².